The summed E-state index contributed by atoms with van der Waals surface area (Å²) in [7, 11) is -3.55. The van der Waals surface area contributed by atoms with E-state index in [1.54, 1.807) is 17.0 Å². The Morgan fingerprint density at radius 2 is 1.61 bits per heavy atom. The lowest BCUT2D eigenvalue weighted by Gasteiger charge is -2.40. The third kappa shape index (κ3) is 4.68. The fraction of sp³-hybridized carbons (Fsp3) is 0.632. The average Bonchev–Trinajstić information content (AvgIpc) is 2.68. The highest BCUT2D eigenvalue weighted by atomic mass is 35.5. The van der Waals surface area contributed by atoms with Gasteiger partial charge < -0.3 is 15.4 Å². The van der Waals surface area contributed by atoms with E-state index in [1.807, 2.05) is 12.1 Å². The van der Waals surface area contributed by atoms with E-state index in [4.69, 9.17) is 10.5 Å². The Kier molecular flexibility index (Phi) is 7.50. The molecule has 0 radical (unpaired) electrons. The van der Waals surface area contributed by atoms with E-state index in [2.05, 4.69) is 13.8 Å². The minimum atomic E-state index is -3.55. The molecule has 0 unspecified atom stereocenters. The molecule has 1 amide bonds. The number of hydrogen-bond acceptors (Lipinski definition) is 5. The van der Waals surface area contributed by atoms with Crippen LogP contribution in [0.15, 0.2) is 29.2 Å². The number of carbonyl (C=O) groups excluding carboxylic acids is 1. The summed E-state index contributed by atoms with van der Waals surface area (Å²) in [5, 5.41) is 0. The number of piperazine rings is 1. The van der Waals surface area contributed by atoms with Gasteiger partial charge in [-0.1, -0.05) is 26.0 Å². The predicted molar refractivity (Wildman–Crippen MR) is 110 cm³/mol. The van der Waals surface area contributed by atoms with Crippen LogP contribution in [0.4, 0.5) is 0 Å². The Labute approximate surface area is 173 Å². The van der Waals surface area contributed by atoms with Gasteiger partial charge in [-0.15, -0.1) is 12.4 Å². The van der Waals surface area contributed by atoms with Gasteiger partial charge in [0.25, 0.3) is 0 Å². The summed E-state index contributed by atoms with van der Waals surface area (Å²) in [5.74, 6) is 0.259. The highest BCUT2D eigenvalue weighted by Gasteiger charge is 2.40. The van der Waals surface area contributed by atoms with Crippen molar-refractivity contribution in [2.24, 2.45) is 5.73 Å². The highest BCUT2D eigenvalue weighted by molar-refractivity contribution is 7.89. The Morgan fingerprint density at radius 3 is 2.11 bits per heavy atom. The van der Waals surface area contributed by atoms with Crippen LogP contribution in [0.5, 0.6) is 0 Å². The Balaban J connectivity index is 0.00000280. The molecule has 9 heteroatoms. The molecule has 158 valence electrons. The first-order valence-corrected chi connectivity index (χ1v) is 10.9. The number of rotatable bonds is 4. The van der Waals surface area contributed by atoms with Crippen LogP contribution in [0, 0.1) is 0 Å². The van der Waals surface area contributed by atoms with Crippen LogP contribution < -0.4 is 5.73 Å². The second kappa shape index (κ2) is 9.09. The Bertz CT molecular complexity index is 769. The van der Waals surface area contributed by atoms with Gasteiger partial charge in [-0.05, 0) is 36.5 Å². The standard InChI is InChI=1S/C19H29N3O4S.ClH/c1-15(2)16-3-5-17(6-4-16)27(24,25)22-11-9-21(10-12-22)18(23)19(20)7-13-26-14-8-19;/h3-6,15H,7-14,20H2,1-2H3;1H. The van der Waals surface area contributed by atoms with Crippen LogP contribution >= 0.6 is 12.4 Å². The molecule has 0 spiro atoms. The fourth-order valence-electron chi connectivity index (χ4n) is 3.57. The number of ether oxygens (including phenoxy) is 1. The molecule has 0 aliphatic carbocycles. The first kappa shape index (κ1) is 23.1. The number of nitrogens with two attached hydrogens (primary N) is 1. The minimum Gasteiger partial charge on any atom is -0.381 e. The van der Waals surface area contributed by atoms with Crippen molar-refractivity contribution in [3.05, 3.63) is 29.8 Å². The number of carbonyl (C=O) groups is 1. The molecule has 2 heterocycles. The number of nitrogens with zero attached hydrogens (tertiary/aromatic N) is 2. The maximum atomic E-state index is 12.9. The summed E-state index contributed by atoms with van der Waals surface area (Å²) >= 11 is 0. The molecular formula is C19H30ClN3O4S. The number of amides is 1. The van der Waals surface area contributed by atoms with Crippen molar-refractivity contribution in [2.45, 2.75) is 43.0 Å². The third-order valence-electron chi connectivity index (χ3n) is 5.52. The Morgan fingerprint density at radius 1 is 1.07 bits per heavy atom. The smallest absolute Gasteiger partial charge is 0.243 e. The molecule has 0 saturated carbocycles. The topological polar surface area (TPSA) is 92.9 Å². The van der Waals surface area contributed by atoms with Gasteiger partial charge in [-0.25, -0.2) is 8.42 Å². The molecule has 7 nitrogen and oxygen atoms in total. The number of benzene rings is 1. The van der Waals surface area contributed by atoms with Gasteiger partial charge in [0, 0.05) is 39.4 Å². The zero-order valence-electron chi connectivity index (χ0n) is 16.5. The molecule has 0 aromatic heterocycles. The van der Waals surface area contributed by atoms with Gasteiger partial charge in [0.1, 0.15) is 0 Å². The van der Waals surface area contributed by atoms with E-state index >= 15 is 0 Å². The summed E-state index contributed by atoms with van der Waals surface area (Å²) in [6.07, 6.45) is 1.01. The van der Waals surface area contributed by atoms with Crippen LogP contribution in [0.3, 0.4) is 0 Å². The third-order valence-corrected chi connectivity index (χ3v) is 7.43. The Hall–Kier alpha value is -1.19. The lowest BCUT2D eigenvalue weighted by molar-refractivity contribution is -0.141. The maximum Gasteiger partial charge on any atom is 0.243 e. The van der Waals surface area contributed by atoms with E-state index in [9.17, 15) is 13.2 Å². The zero-order chi connectivity index (χ0) is 19.7. The molecule has 2 fully saturated rings. The molecule has 2 saturated heterocycles. The molecule has 1 aromatic carbocycles. The molecule has 2 N–H and O–H groups in total. The molecular weight excluding hydrogens is 402 g/mol. The molecule has 28 heavy (non-hydrogen) atoms. The summed E-state index contributed by atoms with van der Waals surface area (Å²) in [6.45, 7) is 6.42. The van der Waals surface area contributed by atoms with E-state index in [-0.39, 0.29) is 31.4 Å². The quantitative estimate of drug-likeness (QED) is 0.781. The van der Waals surface area contributed by atoms with Crippen molar-refractivity contribution < 1.29 is 17.9 Å². The van der Waals surface area contributed by atoms with Crippen LogP contribution in [-0.4, -0.2) is 68.5 Å². The van der Waals surface area contributed by atoms with Crippen molar-refractivity contribution >= 4 is 28.3 Å². The van der Waals surface area contributed by atoms with Crippen LogP contribution in [0.1, 0.15) is 38.2 Å². The maximum absolute atomic E-state index is 12.9. The molecule has 0 atom stereocenters. The average molecular weight is 432 g/mol. The van der Waals surface area contributed by atoms with Gasteiger partial charge in [0.05, 0.1) is 10.4 Å². The number of hydrogen-bond donors (Lipinski definition) is 1. The summed E-state index contributed by atoms with van der Waals surface area (Å²) < 4.78 is 32.5. The number of halogens is 1. The van der Waals surface area contributed by atoms with Gasteiger partial charge >= 0.3 is 0 Å². The van der Waals surface area contributed by atoms with Gasteiger partial charge in [-0.2, -0.15) is 4.31 Å². The zero-order valence-corrected chi connectivity index (χ0v) is 18.1. The van der Waals surface area contributed by atoms with E-state index in [0.29, 0.717) is 50.0 Å². The van der Waals surface area contributed by atoms with E-state index < -0.39 is 15.6 Å². The van der Waals surface area contributed by atoms with Gasteiger partial charge in [0.15, 0.2) is 0 Å². The highest BCUT2D eigenvalue weighted by Crippen LogP contribution is 2.24. The lowest BCUT2D eigenvalue weighted by Crippen LogP contribution is -2.61. The molecule has 2 aliphatic rings. The first-order valence-electron chi connectivity index (χ1n) is 9.50. The molecule has 3 rings (SSSR count). The fourth-order valence-corrected chi connectivity index (χ4v) is 4.99. The molecule has 1 aromatic rings. The summed E-state index contributed by atoms with van der Waals surface area (Å²) in [4.78, 5) is 14.8. The summed E-state index contributed by atoms with van der Waals surface area (Å²) in [5.41, 5.74) is 6.50. The van der Waals surface area contributed by atoms with Gasteiger partial charge in [0.2, 0.25) is 15.9 Å². The number of sulfonamides is 1. The van der Waals surface area contributed by atoms with E-state index in [0.717, 1.165) is 5.56 Å². The normalized spacial score (nSPS) is 20.6. The lowest BCUT2D eigenvalue weighted by atomic mass is 9.89. The summed E-state index contributed by atoms with van der Waals surface area (Å²) in [6, 6.07) is 7.06. The largest absolute Gasteiger partial charge is 0.381 e. The monoisotopic (exact) mass is 431 g/mol. The second-order valence-corrected chi connectivity index (χ2v) is 9.63. The van der Waals surface area contributed by atoms with Crippen molar-refractivity contribution in [1.29, 1.82) is 0 Å². The van der Waals surface area contributed by atoms with Gasteiger partial charge in [-0.3, -0.25) is 4.79 Å². The van der Waals surface area contributed by atoms with Crippen LogP contribution in [0.2, 0.25) is 0 Å². The van der Waals surface area contributed by atoms with Crippen molar-refractivity contribution in [3.8, 4) is 0 Å². The minimum absolute atomic E-state index is 0. The van der Waals surface area contributed by atoms with E-state index in [1.165, 1.54) is 4.31 Å². The van der Waals surface area contributed by atoms with Crippen LogP contribution in [-0.2, 0) is 19.6 Å². The van der Waals surface area contributed by atoms with Crippen molar-refractivity contribution in [2.75, 3.05) is 39.4 Å². The first-order chi connectivity index (χ1) is 12.7. The predicted octanol–water partition coefficient (Wildman–Crippen LogP) is 1.57. The SMILES string of the molecule is CC(C)c1ccc(S(=O)(=O)N2CCN(C(=O)C3(N)CCOCC3)CC2)cc1.Cl. The second-order valence-electron chi connectivity index (χ2n) is 7.69. The van der Waals surface area contributed by atoms with Crippen LogP contribution in [0.25, 0.3) is 0 Å². The van der Waals surface area contributed by atoms with Crippen molar-refractivity contribution in [1.82, 2.24) is 9.21 Å². The van der Waals surface area contributed by atoms with Crippen molar-refractivity contribution in [3.63, 3.8) is 0 Å². The molecule has 0 bridgehead atoms. The molecule has 2 aliphatic heterocycles.